The molecule has 0 aliphatic carbocycles. The van der Waals surface area contributed by atoms with Crippen LogP contribution in [-0.2, 0) is 34.8 Å². The van der Waals surface area contributed by atoms with Crippen LogP contribution >= 0.6 is 11.3 Å². The van der Waals surface area contributed by atoms with Gasteiger partial charge in [0.15, 0.2) is 10.8 Å². The second kappa shape index (κ2) is 9.41. The molecule has 3 rings (SSSR count). The molecule has 17 heteroatoms. The van der Waals surface area contributed by atoms with E-state index in [1.54, 1.807) is 0 Å². The van der Waals surface area contributed by atoms with Crippen LogP contribution in [0.3, 0.4) is 0 Å². The van der Waals surface area contributed by atoms with Crippen LogP contribution in [0.25, 0.3) is 0 Å². The molecule has 2 aliphatic rings. The fraction of sp³-hybridized carbons (Fsp3) is 0.250. The number of fused-ring (bicyclic) bond motifs is 1. The largest absolute Gasteiger partial charge is 0.479 e. The van der Waals surface area contributed by atoms with Gasteiger partial charge in [0.2, 0.25) is 6.61 Å². The van der Waals surface area contributed by atoms with Crippen LogP contribution < -0.4 is 11.1 Å². The number of β-lactam (4-membered cyclic amide) rings is 1. The monoisotopic (exact) mass is 505 g/mol. The van der Waals surface area contributed by atoms with Gasteiger partial charge in [0.25, 0.3) is 17.9 Å². The number of hydrogen-bond donors (Lipinski definition) is 4. The number of halogens is 2. The SMILES string of the molecule is Nc1nc(C(=NOCC(=O)O)C(=O)NC2C(=O)N3C(C(=O)O)=C(C=C(F)F)CS(=O)[C@H]23)cs1. The van der Waals surface area contributed by atoms with Gasteiger partial charge in [0.05, 0.1) is 16.6 Å². The Labute approximate surface area is 188 Å². The summed E-state index contributed by atoms with van der Waals surface area (Å²) in [5.41, 5.74) is 3.59. The lowest BCUT2D eigenvalue weighted by atomic mass is 10.0. The summed E-state index contributed by atoms with van der Waals surface area (Å²) in [5.74, 6) is -5.76. The quantitative estimate of drug-likeness (QED) is 0.194. The number of amides is 2. The number of allylic oxidation sites excluding steroid dienone is 1. The number of aliphatic carboxylic acids is 2. The van der Waals surface area contributed by atoms with Gasteiger partial charge in [0.1, 0.15) is 22.8 Å². The number of nitrogens with one attached hydrogen (secondary N) is 1. The van der Waals surface area contributed by atoms with E-state index in [0.29, 0.717) is 4.90 Å². The van der Waals surface area contributed by atoms with Crippen molar-refractivity contribution in [3.8, 4) is 0 Å². The number of rotatable bonds is 8. The minimum absolute atomic E-state index is 0.0416. The van der Waals surface area contributed by atoms with E-state index in [9.17, 15) is 37.3 Å². The van der Waals surface area contributed by atoms with E-state index in [0.717, 1.165) is 11.3 Å². The Morgan fingerprint density at radius 2 is 2.12 bits per heavy atom. The van der Waals surface area contributed by atoms with E-state index < -0.39 is 81.4 Å². The number of nitrogens with two attached hydrogens (primary N) is 1. The van der Waals surface area contributed by atoms with Crippen molar-refractivity contribution in [1.82, 2.24) is 15.2 Å². The number of nitrogens with zero attached hydrogens (tertiary/aromatic N) is 3. The molecule has 2 aliphatic heterocycles. The van der Waals surface area contributed by atoms with Crippen molar-refractivity contribution in [2.24, 2.45) is 5.16 Å². The standard InChI is InChI=1S/C16H13F2N5O8S2/c17-7(18)1-5-4-33(30)14-10(13(27)23(14)11(5)15(28)29)21-12(26)9(22-31-2-8(24)25)6-3-32-16(19)20-6/h1,3,10,14H,2,4H2,(H2,19,20)(H,21,26)(H,24,25)(H,28,29)/t10?,14-,33?/m1/s1. The number of carbonyl (C=O) groups is 4. The highest BCUT2D eigenvalue weighted by atomic mass is 32.2. The van der Waals surface area contributed by atoms with Gasteiger partial charge in [-0.05, 0) is 0 Å². The maximum absolute atomic E-state index is 12.7. The molecule has 2 unspecified atom stereocenters. The molecule has 13 nitrogen and oxygen atoms in total. The summed E-state index contributed by atoms with van der Waals surface area (Å²) in [4.78, 5) is 56.5. The molecule has 0 bridgehead atoms. The first-order valence-electron chi connectivity index (χ1n) is 8.64. The first-order chi connectivity index (χ1) is 15.5. The van der Waals surface area contributed by atoms with Crippen LogP contribution in [0.15, 0.2) is 34.0 Å². The second-order valence-corrected chi connectivity index (χ2v) is 8.79. The number of carboxylic acids is 2. The molecule has 1 saturated heterocycles. The smallest absolute Gasteiger partial charge is 0.352 e. The summed E-state index contributed by atoms with van der Waals surface area (Å²) >= 11 is 0.928. The maximum Gasteiger partial charge on any atom is 0.352 e. The Hall–Kier alpha value is -3.73. The lowest BCUT2D eigenvalue weighted by Gasteiger charge is -2.48. The van der Waals surface area contributed by atoms with Gasteiger partial charge in [0, 0.05) is 17.0 Å². The third kappa shape index (κ3) is 4.87. The summed E-state index contributed by atoms with van der Waals surface area (Å²) in [5, 5.41) is 23.7. The van der Waals surface area contributed by atoms with Gasteiger partial charge >= 0.3 is 11.9 Å². The predicted molar refractivity (Wildman–Crippen MR) is 107 cm³/mol. The van der Waals surface area contributed by atoms with Crippen molar-refractivity contribution < 1.29 is 47.2 Å². The van der Waals surface area contributed by atoms with E-state index in [4.69, 9.17) is 10.8 Å². The van der Waals surface area contributed by atoms with Crippen molar-refractivity contribution in [2.45, 2.75) is 11.4 Å². The highest BCUT2D eigenvalue weighted by Crippen LogP contribution is 2.35. The van der Waals surface area contributed by atoms with Gasteiger partial charge in [-0.2, -0.15) is 8.78 Å². The number of nitrogen functional groups attached to an aromatic ring is 1. The van der Waals surface area contributed by atoms with Gasteiger partial charge in [-0.15, -0.1) is 11.3 Å². The van der Waals surface area contributed by atoms with Gasteiger partial charge in [-0.3, -0.25) is 18.7 Å². The van der Waals surface area contributed by atoms with E-state index in [1.165, 1.54) is 5.38 Å². The van der Waals surface area contributed by atoms with E-state index in [2.05, 4.69) is 20.3 Å². The lowest BCUT2D eigenvalue weighted by molar-refractivity contribution is -0.150. The first-order valence-corrected chi connectivity index (χ1v) is 10.9. The molecular formula is C16H13F2N5O8S2. The number of oxime groups is 1. The van der Waals surface area contributed by atoms with Gasteiger partial charge < -0.3 is 26.1 Å². The molecule has 1 fully saturated rings. The zero-order chi connectivity index (χ0) is 24.4. The normalized spacial score (nSPS) is 22.2. The number of carboxylic acid groups (broad SMARTS) is 2. The molecule has 0 radical (unpaired) electrons. The van der Waals surface area contributed by atoms with Crippen LogP contribution in [0.1, 0.15) is 5.69 Å². The Kier molecular flexibility index (Phi) is 6.82. The molecule has 5 N–H and O–H groups in total. The number of anilines is 1. The fourth-order valence-electron chi connectivity index (χ4n) is 3.01. The van der Waals surface area contributed by atoms with Crippen LogP contribution in [0.4, 0.5) is 13.9 Å². The molecule has 33 heavy (non-hydrogen) atoms. The minimum Gasteiger partial charge on any atom is -0.479 e. The average Bonchev–Trinajstić information content (AvgIpc) is 3.13. The van der Waals surface area contributed by atoms with Crippen molar-refractivity contribution in [3.05, 3.63) is 34.5 Å². The molecule has 1 aromatic heterocycles. The van der Waals surface area contributed by atoms with Crippen molar-refractivity contribution in [1.29, 1.82) is 0 Å². The molecule has 0 spiro atoms. The molecule has 0 aromatic carbocycles. The zero-order valence-corrected chi connectivity index (χ0v) is 17.7. The summed E-state index contributed by atoms with van der Waals surface area (Å²) in [6, 6.07) is -1.48. The predicted octanol–water partition coefficient (Wildman–Crippen LogP) is -0.935. The van der Waals surface area contributed by atoms with E-state index in [-0.39, 0.29) is 16.9 Å². The molecular weight excluding hydrogens is 492 g/mol. The van der Waals surface area contributed by atoms with Gasteiger partial charge in [-0.25, -0.2) is 14.6 Å². The maximum atomic E-state index is 12.7. The van der Waals surface area contributed by atoms with E-state index >= 15 is 0 Å². The highest BCUT2D eigenvalue weighted by Gasteiger charge is 2.57. The Bertz CT molecular complexity index is 1160. The molecule has 2 amide bonds. The second-order valence-electron chi connectivity index (χ2n) is 6.37. The molecule has 3 heterocycles. The average molecular weight is 505 g/mol. The fourth-order valence-corrected chi connectivity index (χ4v) is 5.19. The molecule has 3 atom stereocenters. The van der Waals surface area contributed by atoms with Crippen molar-refractivity contribution in [3.63, 3.8) is 0 Å². The molecule has 176 valence electrons. The molecule has 0 saturated carbocycles. The number of aromatic nitrogens is 1. The Balaban J connectivity index is 1.87. The van der Waals surface area contributed by atoms with Crippen molar-refractivity contribution >= 4 is 56.7 Å². The van der Waals surface area contributed by atoms with Crippen LogP contribution in [-0.4, -0.2) is 77.5 Å². The summed E-state index contributed by atoms with van der Waals surface area (Å²) < 4.78 is 37.9. The molecule has 1 aromatic rings. The first kappa shape index (κ1) is 23.9. The summed E-state index contributed by atoms with van der Waals surface area (Å²) in [6.45, 7) is -0.895. The van der Waals surface area contributed by atoms with E-state index in [1.807, 2.05) is 0 Å². The van der Waals surface area contributed by atoms with Crippen LogP contribution in [0.5, 0.6) is 0 Å². The van der Waals surface area contributed by atoms with Gasteiger partial charge in [-0.1, -0.05) is 5.16 Å². The third-order valence-electron chi connectivity index (χ3n) is 4.25. The minimum atomic E-state index is -2.23. The van der Waals surface area contributed by atoms with Crippen LogP contribution in [0.2, 0.25) is 0 Å². The lowest BCUT2D eigenvalue weighted by Crippen LogP contribution is -2.74. The topological polar surface area (TPSA) is 202 Å². The van der Waals surface area contributed by atoms with Crippen molar-refractivity contribution in [2.75, 3.05) is 18.1 Å². The Morgan fingerprint density at radius 3 is 2.67 bits per heavy atom. The summed E-state index contributed by atoms with van der Waals surface area (Å²) in [6.07, 6.45) is -2.02. The number of carbonyl (C=O) groups excluding carboxylic acids is 2. The number of thiazole rings is 1. The highest BCUT2D eigenvalue weighted by molar-refractivity contribution is 7.86. The van der Waals surface area contributed by atoms with Crippen LogP contribution in [0, 0.1) is 0 Å². The number of hydrogen-bond acceptors (Lipinski definition) is 10. The third-order valence-corrected chi connectivity index (χ3v) is 6.54. The zero-order valence-electron chi connectivity index (χ0n) is 16.1. The summed E-state index contributed by atoms with van der Waals surface area (Å²) in [7, 11) is -2.04. The Morgan fingerprint density at radius 1 is 1.42 bits per heavy atom.